The van der Waals surface area contributed by atoms with Gasteiger partial charge in [-0.3, -0.25) is 0 Å². The Morgan fingerprint density at radius 3 is 2.70 bits per heavy atom. The number of fused-ring (bicyclic) bond motifs is 1. The molecule has 1 aromatic heterocycles. The van der Waals surface area contributed by atoms with Crippen molar-refractivity contribution in [1.82, 2.24) is 9.55 Å². The monoisotopic (exact) mass is 305 g/mol. The number of nitrogens with zero attached hydrogens (tertiary/aromatic N) is 2. The lowest BCUT2D eigenvalue weighted by atomic mass is 10.2. The summed E-state index contributed by atoms with van der Waals surface area (Å²) in [6.45, 7) is 0.508. The molecule has 2 N–H and O–H groups in total. The van der Waals surface area contributed by atoms with E-state index in [1.54, 1.807) is 12.1 Å². The largest absolute Gasteiger partial charge is 0.327 e. The molecule has 0 aliphatic heterocycles. The Bertz CT molecular complexity index is 793. The van der Waals surface area contributed by atoms with E-state index in [0.29, 0.717) is 16.6 Å². The normalized spacial score (nSPS) is 11.2. The van der Waals surface area contributed by atoms with Crippen LogP contribution in [0.2, 0.25) is 10.0 Å². The van der Waals surface area contributed by atoms with Crippen LogP contribution in [0.25, 0.3) is 22.4 Å². The summed E-state index contributed by atoms with van der Waals surface area (Å²) in [5.74, 6) is 0.793. The smallest absolute Gasteiger partial charge is 0.142 e. The number of benzene rings is 2. The molecule has 0 amide bonds. The second kappa shape index (κ2) is 5.09. The van der Waals surface area contributed by atoms with Crippen molar-refractivity contribution in [2.24, 2.45) is 12.8 Å². The number of aromatic nitrogens is 2. The van der Waals surface area contributed by atoms with Crippen molar-refractivity contribution >= 4 is 34.2 Å². The summed E-state index contributed by atoms with van der Waals surface area (Å²) in [6, 6.07) is 11.4. The van der Waals surface area contributed by atoms with Gasteiger partial charge in [-0.15, -0.1) is 0 Å². The number of halogens is 2. The molecule has 0 atom stereocenters. The number of hydrogen-bond donors (Lipinski definition) is 1. The van der Waals surface area contributed by atoms with Gasteiger partial charge in [-0.05, 0) is 35.9 Å². The van der Waals surface area contributed by atoms with Gasteiger partial charge in [0.2, 0.25) is 0 Å². The first-order valence-electron chi connectivity index (χ1n) is 6.21. The SMILES string of the molecule is Cn1c(-c2cc(Cl)ccc2Cl)nc2ccc(CN)cc21. The number of imidazole rings is 1. The fourth-order valence-electron chi connectivity index (χ4n) is 2.27. The third-order valence-corrected chi connectivity index (χ3v) is 3.91. The Labute approximate surface area is 126 Å². The van der Waals surface area contributed by atoms with E-state index >= 15 is 0 Å². The first-order valence-corrected chi connectivity index (χ1v) is 6.96. The fraction of sp³-hybridized carbons (Fsp3) is 0.133. The van der Waals surface area contributed by atoms with Gasteiger partial charge in [-0.2, -0.15) is 0 Å². The Balaban J connectivity index is 2.26. The molecule has 1 heterocycles. The maximum absolute atomic E-state index is 6.26. The summed E-state index contributed by atoms with van der Waals surface area (Å²) in [4.78, 5) is 4.64. The van der Waals surface area contributed by atoms with E-state index in [1.165, 1.54) is 0 Å². The summed E-state index contributed by atoms with van der Waals surface area (Å²) in [5.41, 5.74) is 9.52. The molecule has 0 unspecified atom stereocenters. The minimum Gasteiger partial charge on any atom is -0.327 e. The zero-order chi connectivity index (χ0) is 14.3. The molecule has 0 aliphatic carbocycles. The maximum atomic E-state index is 6.26. The van der Waals surface area contributed by atoms with Gasteiger partial charge in [-0.25, -0.2) is 4.98 Å². The number of nitrogens with two attached hydrogens (primary N) is 1. The summed E-state index contributed by atoms with van der Waals surface area (Å²) in [6.07, 6.45) is 0. The molecule has 0 saturated heterocycles. The Hall–Kier alpha value is -1.55. The quantitative estimate of drug-likeness (QED) is 0.777. The van der Waals surface area contributed by atoms with Crippen LogP contribution in [0.15, 0.2) is 36.4 Å². The molecule has 5 heteroatoms. The molecule has 0 bridgehead atoms. The van der Waals surface area contributed by atoms with Crippen molar-refractivity contribution in [3.63, 3.8) is 0 Å². The minimum absolute atomic E-state index is 0.508. The summed E-state index contributed by atoms with van der Waals surface area (Å²) in [7, 11) is 1.96. The molecule has 0 fully saturated rings. The summed E-state index contributed by atoms with van der Waals surface area (Å²) >= 11 is 12.3. The van der Waals surface area contributed by atoms with Crippen molar-refractivity contribution in [1.29, 1.82) is 0 Å². The first-order chi connectivity index (χ1) is 9.60. The zero-order valence-electron chi connectivity index (χ0n) is 10.9. The second-order valence-corrected chi connectivity index (χ2v) is 5.49. The molecule has 3 aromatic rings. The van der Waals surface area contributed by atoms with Crippen LogP contribution in [-0.4, -0.2) is 9.55 Å². The highest BCUT2D eigenvalue weighted by molar-refractivity contribution is 6.35. The van der Waals surface area contributed by atoms with Crippen LogP contribution in [0.5, 0.6) is 0 Å². The molecule has 3 nitrogen and oxygen atoms in total. The van der Waals surface area contributed by atoms with E-state index < -0.39 is 0 Å². The second-order valence-electron chi connectivity index (χ2n) is 4.65. The maximum Gasteiger partial charge on any atom is 0.142 e. The number of aryl methyl sites for hydroxylation is 1. The van der Waals surface area contributed by atoms with Crippen molar-refractivity contribution in [2.45, 2.75) is 6.54 Å². The van der Waals surface area contributed by atoms with Crippen LogP contribution in [-0.2, 0) is 13.6 Å². The van der Waals surface area contributed by atoms with Gasteiger partial charge in [0, 0.05) is 24.2 Å². The molecule has 102 valence electrons. The van der Waals surface area contributed by atoms with Crippen LogP contribution in [0.3, 0.4) is 0 Å². The van der Waals surface area contributed by atoms with Gasteiger partial charge >= 0.3 is 0 Å². The Kier molecular flexibility index (Phi) is 3.42. The van der Waals surface area contributed by atoms with Gasteiger partial charge in [0.25, 0.3) is 0 Å². The highest BCUT2D eigenvalue weighted by Crippen LogP contribution is 2.31. The van der Waals surface area contributed by atoms with Gasteiger partial charge in [0.15, 0.2) is 0 Å². The number of hydrogen-bond acceptors (Lipinski definition) is 2. The molecular weight excluding hydrogens is 293 g/mol. The van der Waals surface area contributed by atoms with Crippen LogP contribution in [0.1, 0.15) is 5.56 Å². The van der Waals surface area contributed by atoms with Crippen LogP contribution < -0.4 is 5.73 Å². The molecule has 20 heavy (non-hydrogen) atoms. The molecule has 0 radical (unpaired) electrons. The molecular formula is C15H13Cl2N3. The van der Waals surface area contributed by atoms with Crippen molar-refractivity contribution in [2.75, 3.05) is 0 Å². The fourth-order valence-corrected chi connectivity index (χ4v) is 2.65. The van der Waals surface area contributed by atoms with Gasteiger partial charge in [0.1, 0.15) is 5.82 Å². The lowest BCUT2D eigenvalue weighted by Gasteiger charge is -2.05. The third kappa shape index (κ3) is 2.18. The Morgan fingerprint density at radius 2 is 1.95 bits per heavy atom. The summed E-state index contributed by atoms with van der Waals surface area (Å²) in [5, 5.41) is 1.27. The Morgan fingerprint density at radius 1 is 1.15 bits per heavy atom. The van der Waals surface area contributed by atoms with E-state index in [0.717, 1.165) is 28.0 Å². The number of rotatable bonds is 2. The van der Waals surface area contributed by atoms with Crippen molar-refractivity contribution < 1.29 is 0 Å². The van der Waals surface area contributed by atoms with Crippen LogP contribution in [0.4, 0.5) is 0 Å². The lowest BCUT2D eigenvalue weighted by Crippen LogP contribution is -1.97. The van der Waals surface area contributed by atoms with Gasteiger partial charge in [0.05, 0.1) is 16.1 Å². The highest BCUT2D eigenvalue weighted by Gasteiger charge is 2.13. The predicted molar refractivity (Wildman–Crippen MR) is 84.1 cm³/mol. The average Bonchev–Trinajstić information content (AvgIpc) is 2.78. The topological polar surface area (TPSA) is 43.8 Å². The van der Waals surface area contributed by atoms with E-state index in [-0.39, 0.29) is 0 Å². The minimum atomic E-state index is 0.508. The van der Waals surface area contributed by atoms with E-state index in [4.69, 9.17) is 28.9 Å². The molecule has 2 aromatic carbocycles. The van der Waals surface area contributed by atoms with Crippen LogP contribution >= 0.6 is 23.2 Å². The van der Waals surface area contributed by atoms with E-state index in [2.05, 4.69) is 4.98 Å². The molecule has 0 saturated carbocycles. The average molecular weight is 306 g/mol. The van der Waals surface area contributed by atoms with E-state index in [9.17, 15) is 0 Å². The van der Waals surface area contributed by atoms with Crippen molar-refractivity contribution in [3.8, 4) is 11.4 Å². The van der Waals surface area contributed by atoms with Gasteiger partial charge in [-0.1, -0.05) is 29.3 Å². The van der Waals surface area contributed by atoms with Gasteiger partial charge < -0.3 is 10.3 Å². The zero-order valence-corrected chi connectivity index (χ0v) is 12.4. The third-order valence-electron chi connectivity index (χ3n) is 3.35. The molecule has 0 spiro atoms. The van der Waals surface area contributed by atoms with Crippen LogP contribution in [0, 0.1) is 0 Å². The standard InChI is InChI=1S/C15H13Cl2N3/c1-20-14-6-9(8-18)2-5-13(14)19-15(20)11-7-10(16)3-4-12(11)17/h2-7H,8,18H2,1H3. The first kappa shape index (κ1) is 13.4. The lowest BCUT2D eigenvalue weighted by molar-refractivity contribution is 0.956. The van der Waals surface area contributed by atoms with Crippen molar-refractivity contribution in [3.05, 3.63) is 52.0 Å². The predicted octanol–water partition coefficient (Wildman–Crippen LogP) is 4.01. The van der Waals surface area contributed by atoms with E-state index in [1.807, 2.05) is 35.9 Å². The molecule has 0 aliphatic rings. The highest BCUT2D eigenvalue weighted by atomic mass is 35.5. The summed E-state index contributed by atoms with van der Waals surface area (Å²) < 4.78 is 2.01. The molecule has 3 rings (SSSR count).